The normalized spacial score (nSPS) is 10.8. The van der Waals surface area contributed by atoms with Gasteiger partial charge in [0, 0.05) is 13.1 Å². The summed E-state index contributed by atoms with van der Waals surface area (Å²) in [5.74, 6) is 1.69. The van der Waals surface area contributed by atoms with Crippen LogP contribution < -0.4 is 10.6 Å². The highest BCUT2D eigenvalue weighted by Gasteiger charge is 2.03. The van der Waals surface area contributed by atoms with Gasteiger partial charge in [0.25, 0.3) is 0 Å². The van der Waals surface area contributed by atoms with E-state index in [2.05, 4.69) is 54.8 Å². The van der Waals surface area contributed by atoms with Gasteiger partial charge in [0.05, 0.1) is 23.8 Å². The minimum Gasteiger partial charge on any atom is -0.356 e. The lowest BCUT2D eigenvalue weighted by Gasteiger charge is -2.05. The second kappa shape index (κ2) is 11.0. The summed E-state index contributed by atoms with van der Waals surface area (Å²) in [5.41, 5.74) is 4.40. The van der Waals surface area contributed by atoms with Crippen molar-refractivity contribution in [3.8, 4) is 22.5 Å². The van der Waals surface area contributed by atoms with E-state index in [0.29, 0.717) is 0 Å². The molecule has 4 rings (SSSR count). The summed E-state index contributed by atoms with van der Waals surface area (Å²) in [6.07, 6.45) is 9.74. The first-order valence-corrected chi connectivity index (χ1v) is 11.1. The third-order valence-electron chi connectivity index (χ3n) is 5.26. The number of imidazole rings is 2. The lowest BCUT2D eigenvalue weighted by Crippen LogP contribution is -2.04. The van der Waals surface area contributed by atoms with Crippen LogP contribution >= 0.6 is 0 Å². The highest BCUT2D eigenvalue weighted by molar-refractivity contribution is 5.60. The number of aromatic amines is 2. The van der Waals surface area contributed by atoms with Crippen molar-refractivity contribution >= 4 is 11.9 Å². The van der Waals surface area contributed by atoms with E-state index < -0.39 is 0 Å². The molecule has 0 aliphatic carbocycles. The Morgan fingerprint density at radius 1 is 0.548 bits per heavy atom. The minimum atomic E-state index is 0.844. The summed E-state index contributed by atoms with van der Waals surface area (Å²) < 4.78 is 0. The Morgan fingerprint density at radius 3 is 1.42 bits per heavy atom. The Labute approximate surface area is 183 Å². The molecule has 0 aliphatic heterocycles. The monoisotopic (exact) mass is 414 g/mol. The molecule has 2 aromatic carbocycles. The summed E-state index contributed by atoms with van der Waals surface area (Å²) in [7, 11) is 0. The molecule has 4 aromatic rings. The summed E-state index contributed by atoms with van der Waals surface area (Å²) in [4.78, 5) is 15.5. The Hall–Kier alpha value is -3.54. The maximum Gasteiger partial charge on any atom is 0.200 e. The van der Waals surface area contributed by atoms with Gasteiger partial charge in [-0.25, -0.2) is 9.97 Å². The Morgan fingerprint density at radius 2 is 0.968 bits per heavy atom. The van der Waals surface area contributed by atoms with Gasteiger partial charge in [-0.3, -0.25) is 0 Å². The second-order valence-electron chi connectivity index (χ2n) is 7.64. The Bertz CT molecular complexity index is 939. The predicted octanol–water partition coefficient (Wildman–Crippen LogP) is 5.94. The molecule has 31 heavy (non-hydrogen) atoms. The molecule has 0 spiro atoms. The molecule has 160 valence electrons. The number of unbranched alkanes of at least 4 members (excludes halogenated alkanes) is 4. The maximum absolute atomic E-state index is 4.42. The molecule has 0 fully saturated rings. The Kier molecular flexibility index (Phi) is 7.36. The van der Waals surface area contributed by atoms with Gasteiger partial charge in [0.15, 0.2) is 0 Å². The lowest BCUT2D eigenvalue weighted by molar-refractivity contribution is 0.634. The fourth-order valence-corrected chi connectivity index (χ4v) is 3.54. The van der Waals surface area contributed by atoms with Crippen LogP contribution in [-0.2, 0) is 0 Å². The van der Waals surface area contributed by atoms with Crippen LogP contribution in [0.1, 0.15) is 32.1 Å². The topological polar surface area (TPSA) is 81.4 Å². The van der Waals surface area contributed by atoms with Crippen LogP contribution in [0.2, 0.25) is 0 Å². The summed E-state index contributed by atoms with van der Waals surface area (Å²) >= 11 is 0. The number of nitrogens with zero attached hydrogens (tertiary/aromatic N) is 2. The average Bonchev–Trinajstić information content (AvgIpc) is 3.49. The van der Waals surface area contributed by atoms with Gasteiger partial charge >= 0.3 is 0 Å². The molecular weight excluding hydrogens is 384 g/mol. The molecular formula is C25H30N6. The van der Waals surface area contributed by atoms with Crippen molar-refractivity contribution < 1.29 is 0 Å². The van der Waals surface area contributed by atoms with Crippen molar-refractivity contribution in [1.29, 1.82) is 0 Å². The van der Waals surface area contributed by atoms with Crippen LogP contribution in [-0.4, -0.2) is 33.0 Å². The maximum atomic E-state index is 4.42. The zero-order chi connectivity index (χ0) is 21.1. The second-order valence-corrected chi connectivity index (χ2v) is 7.64. The number of hydrogen-bond acceptors (Lipinski definition) is 4. The molecule has 2 heterocycles. The standard InChI is InChI=1S/C25H30N6/c1(2-10-16-26-24-28-18-22(30-24)20-12-6-4-7-13-20)3-11-17-27-25-29-19-23(31-25)21-14-8-5-9-15-21/h4-9,12-15,18-19H,1-3,10-11,16-17H2,(H2,26,28,30)(H2,27,29,31). The highest BCUT2D eigenvalue weighted by Crippen LogP contribution is 2.19. The first-order valence-electron chi connectivity index (χ1n) is 11.1. The van der Waals surface area contributed by atoms with E-state index >= 15 is 0 Å². The van der Waals surface area contributed by atoms with E-state index in [0.717, 1.165) is 60.3 Å². The van der Waals surface area contributed by atoms with Gasteiger partial charge in [-0.1, -0.05) is 79.9 Å². The van der Waals surface area contributed by atoms with Gasteiger partial charge in [-0.15, -0.1) is 0 Å². The van der Waals surface area contributed by atoms with E-state index in [4.69, 9.17) is 0 Å². The van der Waals surface area contributed by atoms with E-state index in [1.807, 2.05) is 48.8 Å². The average molecular weight is 415 g/mol. The third kappa shape index (κ3) is 6.22. The van der Waals surface area contributed by atoms with Crippen molar-refractivity contribution in [1.82, 2.24) is 19.9 Å². The summed E-state index contributed by atoms with van der Waals surface area (Å²) in [6, 6.07) is 20.5. The molecule has 4 N–H and O–H groups in total. The molecule has 0 bridgehead atoms. The molecule has 0 amide bonds. The van der Waals surface area contributed by atoms with Crippen molar-refractivity contribution in [2.75, 3.05) is 23.7 Å². The lowest BCUT2D eigenvalue weighted by atomic mass is 10.1. The van der Waals surface area contributed by atoms with Crippen LogP contribution in [0.3, 0.4) is 0 Å². The molecule has 2 aromatic heterocycles. The van der Waals surface area contributed by atoms with Gasteiger partial charge in [0.2, 0.25) is 11.9 Å². The van der Waals surface area contributed by atoms with Gasteiger partial charge in [-0.2, -0.15) is 0 Å². The number of aromatic nitrogens is 4. The van der Waals surface area contributed by atoms with Crippen molar-refractivity contribution in [2.24, 2.45) is 0 Å². The van der Waals surface area contributed by atoms with Gasteiger partial charge in [0.1, 0.15) is 0 Å². The van der Waals surface area contributed by atoms with E-state index in [9.17, 15) is 0 Å². The number of anilines is 2. The predicted molar refractivity (Wildman–Crippen MR) is 128 cm³/mol. The van der Waals surface area contributed by atoms with Crippen LogP contribution in [0.4, 0.5) is 11.9 Å². The first-order chi connectivity index (χ1) is 15.4. The van der Waals surface area contributed by atoms with Crippen molar-refractivity contribution in [3.05, 3.63) is 73.1 Å². The molecule has 0 unspecified atom stereocenters. The van der Waals surface area contributed by atoms with Gasteiger partial charge < -0.3 is 20.6 Å². The number of rotatable bonds is 12. The molecule has 0 aliphatic rings. The smallest absolute Gasteiger partial charge is 0.200 e. The molecule has 0 saturated carbocycles. The van der Waals surface area contributed by atoms with Crippen LogP contribution in [0.5, 0.6) is 0 Å². The quantitative estimate of drug-likeness (QED) is 0.216. The van der Waals surface area contributed by atoms with Crippen LogP contribution in [0, 0.1) is 0 Å². The third-order valence-corrected chi connectivity index (χ3v) is 5.26. The number of benzene rings is 2. The first kappa shape index (κ1) is 20.7. The molecule has 0 radical (unpaired) electrons. The molecule has 0 atom stereocenters. The minimum absolute atomic E-state index is 0.844. The molecule has 6 nitrogen and oxygen atoms in total. The summed E-state index contributed by atoms with van der Waals surface area (Å²) in [5, 5.41) is 6.77. The van der Waals surface area contributed by atoms with Crippen LogP contribution in [0.15, 0.2) is 73.1 Å². The number of H-pyrrole nitrogens is 2. The zero-order valence-electron chi connectivity index (χ0n) is 17.8. The summed E-state index contributed by atoms with van der Waals surface area (Å²) in [6.45, 7) is 1.88. The SMILES string of the molecule is c1ccc(-c2cnc(NCCCCCCCNc3ncc(-c4ccccc4)[nH]3)[nH]2)cc1. The van der Waals surface area contributed by atoms with Gasteiger partial charge in [-0.05, 0) is 24.0 Å². The zero-order valence-corrected chi connectivity index (χ0v) is 17.8. The fraction of sp³-hybridized carbons (Fsp3) is 0.280. The largest absolute Gasteiger partial charge is 0.356 e. The van der Waals surface area contributed by atoms with Crippen molar-refractivity contribution in [3.63, 3.8) is 0 Å². The fourth-order valence-electron chi connectivity index (χ4n) is 3.54. The number of hydrogen-bond donors (Lipinski definition) is 4. The van der Waals surface area contributed by atoms with E-state index in [1.54, 1.807) is 0 Å². The molecule has 0 saturated heterocycles. The highest BCUT2D eigenvalue weighted by atomic mass is 15.1. The molecule has 6 heteroatoms. The Balaban J connectivity index is 1.05. The van der Waals surface area contributed by atoms with Crippen molar-refractivity contribution in [2.45, 2.75) is 32.1 Å². The van der Waals surface area contributed by atoms with E-state index in [1.165, 1.54) is 19.3 Å². The van der Waals surface area contributed by atoms with E-state index in [-0.39, 0.29) is 0 Å². The number of nitrogens with one attached hydrogen (secondary N) is 4. The van der Waals surface area contributed by atoms with Crippen LogP contribution in [0.25, 0.3) is 22.5 Å².